The fourth-order valence-corrected chi connectivity index (χ4v) is 2.37. The van der Waals surface area contributed by atoms with Gasteiger partial charge in [-0.1, -0.05) is 18.2 Å². The van der Waals surface area contributed by atoms with Crippen LogP contribution >= 0.6 is 45.5 Å². The molecule has 0 aromatic carbocycles. The number of halogens is 2. The highest BCUT2D eigenvalue weighted by Crippen LogP contribution is 2.24. The Morgan fingerprint density at radius 1 is 1.78 bits per heavy atom. The maximum atomic E-state index is 5.67. The average molecular weight is 272 g/mol. The van der Waals surface area contributed by atoms with Crippen molar-refractivity contribution in [2.24, 2.45) is 0 Å². The van der Waals surface area contributed by atoms with Gasteiger partial charge in [-0.25, -0.2) is 4.98 Å². The molecule has 48 valence electrons. The molecule has 1 heterocycles. The van der Waals surface area contributed by atoms with Crippen molar-refractivity contribution in [1.82, 2.24) is 4.98 Å². The lowest BCUT2D eigenvalue weighted by molar-refractivity contribution is 1.37. The van der Waals surface area contributed by atoms with Crippen molar-refractivity contribution in [2.45, 2.75) is 0 Å². The van der Waals surface area contributed by atoms with Crippen LogP contribution in [0, 0.1) is 3.01 Å². The molecule has 0 aliphatic carbocycles. The van der Waals surface area contributed by atoms with E-state index in [1.54, 1.807) is 6.08 Å². The number of nitrogens with zero attached hydrogens (tertiary/aromatic N) is 1. The molecule has 0 saturated heterocycles. The lowest BCUT2D eigenvalue weighted by atomic mass is 10.5. The van der Waals surface area contributed by atoms with Crippen LogP contribution in [0.5, 0.6) is 0 Å². The van der Waals surface area contributed by atoms with Gasteiger partial charge in [-0.3, -0.25) is 0 Å². The lowest BCUT2D eigenvalue weighted by Crippen LogP contribution is -1.63. The third-order valence-corrected chi connectivity index (χ3v) is 2.91. The topological polar surface area (TPSA) is 12.9 Å². The van der Waals surface area contributed by atoms with Crippen molar-refractivity contribution in [2.75, 3.05) is 0 Å². The first-order valence-electron chi connectivity index (χ1n) is 2.18. The maximum Gasteiger partial charge on any atom is 0.156 e. The second-order valence-electron chi connectivity index (χ2n) is 1.33. The summed E-state index contributed by atoms with van der Waals surface area (Å²) in [5, 5.41) is 0.555. The molecular weight excluding hydrogens is 268 g/mol. The molecule has 0 radical (unpaired) electrons. The highest BCUT2D eigenvalue weighted by Gasteiger charge is 2.01. The number of aromatic nitrogens is 1. The van der Waals surface area contributed by atoms with Gasteiger partial charge >= 0.3 is 0 Å². The van der Waals surface area contributed by atoms with Crippen LogP contribution in [0.4, 0.5) is 0 Å². The van der Waals surface area contributed by atoms with Crippen molar-refractivity contribution in [3.63, 3.8) is 0 Å². The molecule has 0 aliphatic heterocycles. The van der Waals surface area contributed by atoms with Crippen molar-refractivity contribution in [3.05, 3.63) is 19.6 Å². The van der Waals surface area contributed by atoms with Gasteiger partial charge in [0, 0.05) is 0 Å². The molecule has 1 aromatic rings. The van der Waals surface area contributed by atoms with E-state index < -0.39 is 0 Å². The van der Waals surface area contributed by atoms with E-state index in [0.717, 1.165) is 7.89 Å². The Morgan fingerprint density at radius 2 is 2.44 bits per heavy atom. The van der Waals surface area contributed by atoms with Gasteiger partial charge < -0.3 is 0 Å². The summed E-state index contributed by atoms with van der Waals surface area (Å²) in [7, 11) is 0. The van der Waals surface area contributed by atoms with Crippen molar-refractivity contribution < 1.29 is 0 Å². The quantitative estimate of drug-likeness (QED) is 0.716. The summed E-state index contributed by atoms with van der Waals surface area (Å²) in [6.45, 7) is 3.59. The van der Waals surface area contributed by atoms with Crippen molar-refractivity contribution in [1.29, 1.82) is 0 Å². The van der Waals surface area contributed by atoms with Gasteiger partial charge in [0.25, 0.3) is 0 Å². The summed E-state index contributed by atoms with van der Waals surface area (Å²) in [6, 6.07) is 0. The summed E-state index contributed by atoms with van der Waals surface area (Å²) >= 11 is 9.33. The highest BCUT2D eigenvalue weighted by atomic mass is 127. The van der Waals surface area contributed by atoms with Crippen LogP contribution in [-0.4, -0.2) is 4.98 Å². The molecule has 1 nitrogen and oxygen atoms in total. The molecule has 1 rings (SSSR count). The Kier molecular flexibility index (Phi) is 2.49. The Hall–Kier alpha value is 0.390. The lowest BCUT2D eigenvalue weighted by Gasteiger charge is -1.77. The Labute approximate surface area is 75.9 Å². The van der Waals surface area contributed by atoms with E-state index in [0.29, 0.717) is 5.15 Å². The first kappa shape index (κ1) is 7.50. The van der Waals surface area contributed by atoms with Gasteiger partial charge in [-0.05, 0) is 28.7 Å². The van der Waals surface area contributed by atoms with Crippen LogP contribution in [0.3, 0.4) is 0 Å². The van der Waals surface area contributed by atoms with Crippen LogP contribution in [0.25, 0.3) is 6.08 Å². The minimum atomic E-state index is 0.555. The van der Waals surface area contributed by atoms with E-state index in [2.05, 4.69) is 34.2 Å². The third kappa shape index (κ3) is 1.65. The van der Waals surface area contributed by atoms with Crippen LogP contribution in [0.2, 0.25) is 5.15 Å². The summed E-state index contributed by atoms with van der Waals surface area (Å²) in [6.07, 6.45) is 1.71. The maximum absolute atomic E-state index is 5.67. The predicted molar refractivity (Wildman–Crippen MR) is 49.9 cm³/mol. The van der Waals surface area contributed by atoms with Gasteiger partial charge in [0.15, 0.2) is 3.01 Å². The normalized spacial score (nSPS) is 9.56. The van der Waals surface area contributed by atoms with E-state index >= 15 is 0 Å². The standard InChI is InChI=1S/C5H3ClINS/c1-2-3-4(6)8-5(7)9-3/h2H,1H2. The molecule has 0 amide bonds. The van der Waals surface area contributed by atoms with Crippen molar-refractivity contribution >= 4 is 51.6 Å². The SMILES string of the molecule is C=Cc1sc(I)nc1Cl. The average Bonchev–Trinajstić information content (AvgIpc) is 2.10. The number of thiazole rings is 1. The van der Waals surface area contributed by atoms with Crippen LogP contribution in [0.15, 0.2) is 6.58 Å². The largest absolute Gasteiger partial charge is 0.218 e. The second kappa shape index (κ2) is 2.98. The van der Waals surface area contributed by atoms with Gasteiger partial charge in [-0.2, -0.15) is 0 Å². The van der Waals surface area contributed by atoms with E-state index in [-0.39, 0.29) is 0 Å². The van der Waals surface area contributed by atoms with Crippen molar-refractivity contribution in [3.8, 4) is 0 Å². The fraction of sp³-hybridized carbons (Fsp3) is 0. The Balaban J connectivity index is 3.15. The van der Waals surface area contributed by atoms with Crippen LogP contribution < -0.4 is 0 Å². The molecular formula is C5H3ClINS. The third-order valence-electron chi connectivity index (χ3n) is 0.769. The van der Waals surface area contributed by atoms with E-state index in [4.69, 9.17) is 11.6 Å². The minimum absolute atomic E-state index is 0.555. The molecule has 1 aromatic heterocycles. The summed E-state index contributed by atoms with van der Waals surface area (Å²) in [4.78, 5) is 4.93. The zero-order valence-corrected chi connectivity index (χ0v) is 8.13. The Bertz CT molecular complexity index is 233. The van der Waals surface area contributed by atoms with E-state index in [1.165, 1.54) is 11.3 Å². The smallest absolute Gasteiger partial charge is 0.156 e. The Morgan fingerprint density at radius 3 is 2.67 bits per heavy atom. The monoisotopic (exact) mass is 271 g/mol. The summed E-state index contributed by atoms with van der Waals surface area (Å²) in [5.41, 5.74) is 0. The van der Waals surface area contributed by atoms with Gasteiger partial charge in [-0.15, -0.1) is 11.3 Å². The molecule has 0 unspecified atom stereocenters. The molecule has 0 atom stereocenters. The molecule has 0 N–H and O–H groups in total. The number of rotatable bonds is 1. The summed E-state index contributed by atoms with van der Waals surface area (Å²) in [5.74, 6) is 0. The molecule has 0 fully saturated rings. The highest BCUT2D eigenvalue weighted by molar-refractivity contribution is 14.1. The molecule has 0 bridgehead atoms. The molecule has 0 aliphatic rings. The first-order valence-corrected chi connectivity index (χ1v) is 4.45. The van der Waals surface area contributed by atoms with Crippen LogP contribution in [-0.2, 0) is 0 Å². The van der Waals surface area contributed by atoms with Gasteiger partial charge in [0.05, 0.1) is 4.88 Å². The number of hydrogen-bond donors (Lipinski definition) is 0. The zero-order chi connectivity index (χ0) is 6.85. The predicted octanol–water partition coefficient (Wildman–Crippen LogP) is 3.04. The fourth-order valence-electron chi connectivity index (χ4n) is 0.414. The molecule has 4 heteroatoms. The molecule has 9 heavy (non-hydrogen) atoms. The van der Waals surface area contributed by atoms with Gasteiger partial charge in [0.2, 0.25) is 0 Å². The van der Waals surface area contributed by atoms with E-state index in [1.807, 2.05) is 0 Å². The second-order valence-corrected chi connectivity index (χ2v) is 4.47. The van der Waals surface area contributed by atoms with E-state index in [9.17, 15) is 0 Å². The summed E-state index contributed by atoms with van der Waals surface area (Å²) < 4.78 is 0.951. The van der Waals surface area contributed by atoms with Gasteiger partial charge in [0.1, 0.15) is 5.15 Å². The molecule has 0 saturated carbocycles. The van der Waals surface area contributed by atoms with Crippen LogP contribution in [0.1, 0.15) is 4.88 Å². The molecule has 0 spiro atoms. The minimum Gasteiger partial charge on any atom is -0.218 e. The first-order chi connectivity index (χ1) is 4.24. The number of hydrogen-bond acceptors (Lipinski definition) is 2. The zero-order valence-electron chi connectivity index (χ0n) is 4.40.